The van der Waals surface area contributed by atoms with Gasteiger partial charge in [-0.2, -0.15) is 10.2 Å². The summed E-state index contributed by atoms with van der Waals surface area (Å²) in [5.74, 6) is 0. The largest absolute Gasteiger partial charge is 0.296 e. The van der Waals surface area contributed by atoms with Crippen molar-refractivity contribution in [3.8, 4) is 11.4 Å². The normalized spacial score (nSPS) is 11.4. The van der Waals surface area contributed by atoms with Gasteiger partial charge in [-0.25, -0.2) is 4.68 Å². The minimum atomic E-state index is -0.165. The van der Waals surface area contributed by atoms with Crippen LogP contribution in [0.4, 0.5) is 0 Å². The van der Waals surface area contributed by atoms with Crippen molar-refractivity contribution in [1.82, 2.24) is 19.6 Å². The highest BCUT2D eigenvalue weighted by Gasteiger charge is 2.20. The van der Waals surface area contributed by atoms with Crippen LogP contribution in [-0.2, 0) is 13.6 Å². The number of benzene rings is 2. The lowest BCUT2D eigenvalue weighted by Gasteiger charge is -2.12. The van der Waals surface area contributed by atoms with Crippen molar-refractivity contribution in [3.05, 3.63) is 68.0 Å². The molecule has 0 saturated carbocycles. The number of nitrogens with zero attached hydrogens (tertiary/aromatic N) is 4. The Labute approximate surface area is 146 Å². The van der Waals surface area contributed by atoms with E-state index in [0.29, 0.717) is 17.9 Å². The van der Waals surface area contributed by atoms with Gasteiger partial charge in [0.1, 0.15) is 5.69 Å². The van der Waals surface area contributed by atoms with E-state index in [0.717, 1.165) is 16.5 Å². The average Bonchev–Trinajstić information content (AvgIpc) is 2.85. The molecule has 23 heavy (non-hydrogen) atoms. The summed E-state index contributed by atoms with van der Waals surface area (Å²) in [6.45, 7) is 0.613. The molecule has 2 aromatic rings. The summed E-state index contributed by atoms with van der Waals surface area (Å²) in [6.07, 6.45) is 0. The van der Waals surface area contributed by atoms with Crippen LogP contribution >= 0.6 is 22.6 Å². The molecule has 0 N–H and O–H groups in total. The Balaban J connectivity index is 1.97. The summed E-state index contributed by atoms with van der Waals surface area (Å²) in [5, 5.41) is 9.83. The van der Waals surface area contributed by atoms with E-state index in [2.05, 4.69) is 57.1 Å². The Morgan fingerprint density at radius 3 is 2.52 bits per heavy atom. The molecule has 0 spiro atoms. The number of para-hydroxylation sites is 1. The Hall–Kier alpha value is -2.22. The smallest absolute Gasteiger partial charge is 0.265 e. The maximum absolute atomic E-state index is 12.2. The van der Waals surface area contributed by atoms with Gasteiger partial charge in [0, 0.05) is 16.0 Å². The molecule has 2 aromatic carbocycles. The number of aryl methyl sites for hydroxylation is 1. The summed E-state index contributed by atoms with van der Waals surface area (Å²) in [5.41, 5.74) is 3.02. The molecule has 0 unspecified atom stereocenters. The maximum Gasteiger partial charge on any atom is 0.296 e. The lowest BCUT2D eigenvalue weighted by molar-refractivity contribution is 0.698. The van der Waals surface area contributed by atoms with Crippen molar-refractivity contribution >= 4 is 33.5 Å². The van der Waals surface area contributed by atoms with Crippen molar-refractivity contribution in [2.24, 2.45) is 7.05 Å². The van der Waals surface area contributed by atoms with Gasteiger partial charge >= 0.3 is 0 Å². The van der Waals surface area contributed by atoms with Gasteiger partial charge in [0.2, 0.25) is 0 Å². The van der Waals surface area contributed by atoms with Crippen LogP contribution in [0.1, 0.15) is 5.56 Å². The van der Waals surface area contributed by atoms with Gasteiger partial charge in [-0.1, -0.05) is 30.3 Å². The van der Waals surface area contributed by atoms with Gasteiger partial charge in [0.05, 0.1) is 12.1 Å². The molecule has 2 aliphatic rings. The first kappa shape index (κ1) is 14.4. The quantitative estimate of drug-likeness (QED) is 0.473. The van der Waals surface area contributed by atoms with Crippen LogP contribution in [-0.4, -0.2) is 19.6 Å². The molecule has 0 amide bonds. The third-order valence-corrected chi connectivity index (χ3v) is 4.59. The summed E-state index contributed by atoms with van der Waals surface area (Å²) in [7, 11) is 1.66. The van der Waals surface area contributed by atoms with Gasteiger partial charge < -0.3 is 0 Å². The van der Waals surface area contributed by atoms with E-state index in [1.807, 2.05) is 28.9 Å². The molecule has 2 heterocycles. The second kappa shape index (κ2) is 5.45. The van der Waals surface area contributed by atoms with Crippen LogP contribution < -0.4 is 5.56 Å². The molecule has 2 aliphatic heterocycles. The van der Waals surface area contributed by atoms with Crippen LogP contribution in [0, 0.1) is 3.57 Å². The lowest BCUT2D eigenvalue weighted by Crippen LogP contribution is -2.16. The Morgan fingerprint density at radius 2 is 1.74 bits per heavy atom. The zero-order valence-electron chi connectivity index (χ0n) is 12.4. The van der Waals surface area contributed by atoms with Gasteiger partial charge in [-0.3, -0.25) is 9.48 Å². The second-order valence-electron chi connectivity index (χ2n) is 5.43. The third-order valence-electron chi connectivity index (χ3n) is 3.87. The molecule has 0 atom stereocenters. The van der Waals surface area contributed by atoms with Crippen molar-refractivity contribution in [3.63, 3.8) is 0 Å². The molecule has 6 heteroatoms. The van der Waals surface area contributed by atoms with Gasteiger partial charge in [-0.15, -0.1) is 0 Å². The Morgan fingerprint density at radius 1 is 1.00 bits per heavy atom. The van der Waals surface area contributed by atoms with E-state index < -0.39 is 0 Å². The fourth-order valence-corrected chi connectivity index (χ4v) is 3.09. The molecule has 4 rings (SSSR count). The Kier molecular flexibility index (Phi) is 3.41. The number of hydrogen-bond donors (Lipinski definition) is 0. The van der Waals surface area contributed by atoms with E-state index in [9.17, 15) is 4.79 Å². The molecule has 0 fully saturated rings. The predicted molar refractivity (Wildman–Crippen MR) is 97.7 cm³/mol. The summed E-state index contributed by atoms with van der Waals surface area (Å²) in [6, 6.07) is 16.2. The van der Waals surface area contributed by atoms with Crippen molar-refractivity contribution in [1.29, 1.82) is 0 Å². The molecule has 0 saturated heterocycles. The average molecular weight is 416 g/mol. The van der Waals surface area contributed by atoms with Crippen molar-refractivity contribution < 1.29 is 0 Å². The standard InChI is InChI=1S/C17H13IN4O/c1-21-17(23)16-15(19-21)13-4-2-3-5-14(13)22(20-16)10-11-6-8-12(18)9-7-11/h2-9H,10H2,1H3. The molecule has 0 radical (unpaired) electrons. The number of rotatable bonds is 2. The molecule has 0 aliphatic carbocycles. The van der Waals surface area contributed by atoms with Gasteiger partial charge in [0.25, 0.3) is 5.56 Å². The topological polar surface area (TPSA) is 52.7 Å². The first-order chi connectivity index (χ1) is 11.1. The van der Waals surface area contributed by atoms with Crippen LogP contribution in [0.25, 0.3) is 22.3 Å². The van der Waals surface area contributed by atoms with E-state index in [-0.39, 0.29) is 5.56 Å². The first-order valence-electron chi connectivity index (χ1n) is 7.20. The minimum Gasteiger partial charge on any atom is -0.265 e. The van der Waals surface area contributed by atoms with E-state index in [1.54, 1.807) is 7.05 Å². The van der Waals surface area contributed by atoms with Crippen LogP contribution in [0.15, 0.2) is 53.3 Å². The monoisotopic (exact) mass is 416 g/mol. The van der Waals surface area contributed by atoms with Crippen LogP contribution in [0.2, 0.25) is 0 Å². The second-order valence-corrected chi connectivity index (χ2v) is 6.67. The molecular weight excluding hydrogens is 403 g/mol. The fraction of sp³-hybridized carbons (Fsp3) is 0.118. The highest BCUT2D eigenvalue weighted by molar-refractivity contribution is 14.1. The molecule has 5 nitrogen and oxygen atoms in total. The zero-order chi connectivity index (χ0) is 16.0. The van der Waals surface area contributed by atoms with E-state index in [1.165, 1.54) is 8.25 Å². The van der Waals surface area contributed by atoms with Crippen molar-refractivity contribution in [2.45, 2.75) is 6.54 Å². The summed E-state index contributed by atoms with van der Waals surface area (Å²) in [4.78, 5) is 12.2. The number of halogens is 1. The van der Waals surface area contributed by atoms with E-state index in [4.69, 9.17) is 0 Å². The lowest BCUT2D eigenvalue weighted by atomic mass is 10.1. The summed E-state index contributed by atoms with van der Waals surface area (Å²) >= 11 is 2.29. The van der Waals surface area contributed by atoms with E-state index >= 15 is 0 Å². The zero-order valence-corrected chi connectivity index (χ0v) is 14.6. The minimum absolute atomic E-state index is 0.165. The molecule has 114 valence electrons. The third kappa shape index (κ3) is 2.42. The predicted octanol–water partition coefficient (Wildman–Crippen LogP) is 2.89. The van der Waals surface area contributed by atoms with Crippen LogP contribution in [0.3, 0.4) is 0 Å². The molecular formula is C17H13IN4O. The van der Waals surface area contributed by atoms with Gasteiger partial charge in [-0.05, 0) is 46.4 Å². The first-order valence-corrected chi connectivity index (χ1v) is 8.28. The van der Waals surface area contributed by atoms with Crippen molar-refractivity contribution in [2.75, 3.05) is 0 Å². The fourth-order valence-electron chi connectivity index (χ4n) is 2.73. The SMILES string of the molecule is Cn1nc2c3ccccc3n(Cc3ccc(I)cc3)nc-2c1=O. The summed E-state index contributed by atoms with van der Waals surface area (Å²) < 4.78 is 4.42. The van der Waals surface area contributed by atoms with Crippen LogP contribution in [0.5, 0.6) is 0 Å². The Bertz CT molecular complexity index is 1030. The molecule has 0 aromatic heterocycles. The number of aromatic nitrogens is 4. The maximum atomic E-state index is 12.2. The number of fused-ring (bicyclic) bond motifs is 3. The number of hydrogen-bond acceptors (Lipinski definition) is 3. The molecule has 0 bridgehead atoms. The highest BCUT2D eigenvalue weighted by Crippen LogP contribution is 2.25. The van der Waals surface area contributed by atoms with Gasteiger partial charge in [0.15, 0.2) is 5.69 Å². The highest BCUT2D eigenvalue weighted by atomic mass is 127.